The second-order valence-corrected chi connectivity index (χ2v) is 7.24. The molecule has 0 unspecified atom stereocenters. The summed E-state index contributed by atoms with van der Waals surface area (Å²) in [6.07, 6.45) is 7.08. The van der Waals surface area contributed by atoms with Crippen LogP contribution in [0.25, 0.3) is 39.4 Å². The number of aromatic hydroxyl groups is 1. The molecular weight excluding hydrogens is 392 g/mol. The van der Waals surface area contributed by atoms with Gasteiger partial charge in [-0.05, 0) is 36.2 Å². The van der Waals surface area contributed by atoms with E-state index in [0.29, 0.717) is 22.7 Å². The molecule has 0 fully saturated rings. The summed E-state index contributed by atoms with van der Waals surface area (Å²) in [5, 5.41) is 15.6. The number of ether oxygens (including phenoxy) is 1. The molecule has 4 aromatic heterocycles. The number of methoxy groups -OCH3 is 1. The molecule has 154 valence electrons. The molecule has 8 heteroatoms. The number of rotatable bonds is 4. The molecule has 0 amide bonds. The Morgan fingerprint density at radius 2 is 1.84 bits per heavy atom. The average Bonchev–Trinajstić information content (AvgIpc) is 3.38. The van der Waals surface area contributed by atoms with Gasteiger partial charge in [-0.15, -0.1) is 5.10 Å². The highest BCUT2D eigenvalue weighted by molar-refractivity contribution is 5.96. The maximum absolute atomic E-state index is 10.9. The highest BCUT2D eigenvalue weighted by Crippen LogP contribution is 2.41. The van der Waals surface area contributed by atoms with Crippen LogP contribution in [0.15, 0.2) is 61.3 Å². The van der Waals surface area contributed by atoms with Crippen molar-refractivity contribution >= 4 is 5.52 Å². The number of nitrogens with zero attached hydrogens (tertiary/aromatic N) is 6. The first-order chi connectivity index (χ1) is 15.1. The van der Waals surface area contributed by atoms with Crippen LogP contribution in [-0.2, 0) is 7.05 Å². The van der Waals surface area contributed by atoms with Crippen LogP contribution in [-0.4, -0.2) is 41.3 Å². The minimum Gasteiger partial charge on any atom is -0.496 e. The van der Waals surface area contributed by atoms with Crippen molar-refractivity contribution in [3.05, 3.63) is 66.9 Å². The standard InChI is InChI=1S/C23H20N6O2/c1-14-15(7-6-9-19(14)31-3)16-11-29-21(20(16)17-8-4-5-10-24-17)23(30)26-22(27-29)18-12-28(2)13-25-18/h4-13H,1-3H3,(H,26,27,30). The summed E-state index contributed by atoms with van der Waals surface area (Å²) >= 11 is 0. The topological polar surface area (TPSA) is 90.4 Å². The third kappa shape index (κ3) is 3.09. The van der Waals surface area contributed by atoms with Crippen LogP contribution < -0.4 is 4.74 Å². The number of hydrogen-bond donors (Lipinski definition) is 1. The molecule has 4 heterocycles. The smallest absolute Gasteiger partial charge is 0.240 e. The van der Waals surface area contributed by atoms with Gasteiger partial charge < -0.3 is 14.4 Å². The Morgan fingerprint density at radius 3 is 2.55 bits per heavy atom. The lowest BCUT2D eigenvalue weighted by Crippen LogP contribution is -1.98. The number of aromatic nitrogens is 6. The molecule has 0 bridgehead atoms. The van der Waals surface area contributed by atoms with Crippen LogP contribution in [0, 0.1) is 6.92 Å². The average molecular weight is 412 g/mol. The monoisotopic (exact) mass is 412 g/mol. The van der Waals surface area contributed by atoms with Crippen LogP contribution in [0.1, 0.15) is 5.56 Å². The SMILES string of the molecule is COc1cccc(-c2cn3nc(-c4cn(C)cn4)nc(O)c3c2-c2ccccn2)c1C. The first-order valence-corrected chi connectivity index (χ1v) is 9.73. The summed E-state index contributed by atoms with van der Waals surface area (Å²) in [6.45, 7) is 2.00. The van der Waals surface area contributed by atoms with Gasteiger partial charge in [-0.3, -0.25) is 4.98 Å². The summed E-state index contributed by atoms with van der Waals surface area (Å²) in [5.74, 6) is 0.981. The Balaban J connectivity index is 1.83. The quantitative estimate of drug-likeness (QED) is 0.482. The van der Waals surface area contributed by atoms with Gasteiger partial charge in [0, 0.05) is 36.8 Å². The Labute approximate surface area is 178 Å². The van der Waals surface area contributed by atoms with Crippen LogP contribution in [0.4, 0.5) is 0 Å². The molecule has 1 aromatic carbocycles. The Bertz CT molecular complexity index is 1400. The Morgan fingerprint density at radius 1 is 0.968 bits per heavy atom. The maximum Gasteiger partial charge on any atom is 0.240 e. The minimum absolute atomic E-state index is 0.136. The molecule has 0 atom stereocenters. The van der Waals surface area contributed by atoms with Crippen molar-refractivity contribution in [1.29, 1.82) is 0 Å². The van der Waals surface area contributed by atoms with Crippen molar-refractivity contribution < 1.29 is 9.84 Å². The molecule has 0 saturated carbocycles. The van der Waals surface area contributed by atoms with Crippen LogP contribution in [0.2, 0.25) is 0 Å². The van der Waals surface area contributed by atoms with Crippen LogP contribution >= 0.6 is 0 Å². The van der Waals surface area contributed by atoms with E-state index in [4.69, 9.17) is 4.74 Å². The van der Waals surface area contributed by atoms with E-state index in [9.17, 15) is 5.11 Å². The molecule has 1 N–H and O–H groups in total. The summed E-state index contributed by atoms with van der Waals surface area (Å²) in [6, 6.07) is 11.5. The van der Waals surface area contributed by atoms with E-state index < -0.39 is 0 Å². The van der Waals surface area contributed by atoms with Gasteiger partial charge in [0.25, 0.3) is 0 Å². The zero-order valence-corrected chi connectivity index (χ0v) is 17.3. The second kappa shape index (κ2) is 7.24. The van der Waals surface area contributed by atoms with E-state index >= 15 is 0 Å². The van der Waals surface area contributed by atoms with E-state index in [0.717, 1.165) is 28.0 Å². The number of pyridine rings is 1. The summed E-state index contributed by atoms with van der Waals surface area (Å²) in [4.78, 5) is 13.2. The van der Waals surface area contributed by atoms with E-state index in [-0.39, 0.29) is 5.88 Å². The van der Waals surface area contributed by atoms with Gasteiger partial charge in [0.2, 0.25) is 11.7 Å². The number of benzene rings is 1. The number of fused-ring (bicyclic) bond motifs is 1. The largest absolute Gasteiger partial charge is 0.496 e. The Kier molecular flexibility index (Phi) is 4.39. The van der Waals surface area contributed by atoms with Gasteiger partial charge >= 0.3 is 0 Å². The van der Waals surface area contributed by atoms with E-state index in [1.165, 1.54) is 0 Å². The van der Waals surface area contributed by atoms with Gasteiger partial charge in [-0.2, -0.15) is 4.98 Å². The van der Waals surface area contributed by atoms with E-state index in [2.05, 4.69) is 20.1 Å². The zero-order valence-electron chi connectivity index (χ0n) is 17.3. The second-order valence-electron chi connectivity index (χ2n) is 7.24. The van der Waals surface area contributed by atoms with Crippen molar-refractivity contribution in [3.63, 3.8) is 0 Å². The van der Waals surface area contributed by atoms with Crippen molar-refractivity contribution in [2.45, 2.75) is 6.92 Å². The van der Waals surface area contributed by atoms with Crippen molar-refractivity contribution in [2.24, 2.45) is 7.05 Å². The van der Waals surface area contributed by atoms with Gasteiger partial charge in [-0.1, -0.05) is 18.2 Å². The Hall–Kier alpha value is -4.20. The van der Waals surface area contributed by atoms with Crippen molar-refractivity contribution in [3.8, 4) is 45.5 Å². The fourth-order valence-corrected chi connectivity index (χ4v) is 3.80. The molecule has 0 aliphatic heterocycles. The molecule has 0 spiro atoms. The van der Waals surface area contributed by atoms with Gasteiger partial charge in [0.1, 0.15) is 17.0 Å². The number of imidazole rings is 1. The molecule has 0 aliphatic carbocycles. The van der Waals surface area contributed by atoms with E-state index in [1.54, 1.807) is 34.9 Å². The van der Waals surface area contributed by atoms with E-state index in [1.807, 2.05) is 56.6 Å². The minimum atomic E-state index is -0.136. The van der Waals surface area contributed by atoms with Gasteiger partial charge in [0.15, 0.2) is 0 Å². The maximum atomic E-state index is 10.9. The molecule has 0 aliphatic rings. The first-order valence-electron chi connectivity index (χ1n) is 9.73. The molecule has 0 saturated heterocycles. The van der Waals surface area contributed by atoms with Gasteiger partial charge in [-0.25, -0.2) is 9.50 Å². The molecule has 5 rings (SSSR count). The molecule has 8 nitrogen and oxygen atoms in total. The molecule has 0 radical (unpaired) electrons. The van der Waals surface area contributed by atoms with Crippen LogP contribution in [0.3, 0.4) is 0 Å². The highest BCUT2D eigenvalue weighted by atomic mass is 16.5. The number of aryl methyl sites for hydroxylation is 1. The lowest BCUT2D eigenvalue weighted by atomic mass is 9.96. The fraction of sp³-hybridized carbons (Fsp3) is 0.130. The fourth-order valence-electron chi connectivity index (χ4n) is 3.80. The summed E-state index contributed by atoms with van der Waals surface area (Å²) in [5.41, 5.74) is 5.34. The van der Waals surface area contributed by atoms with Crippen LogP contribution in [0.5, 0.6) is 11.6 Å². The summed E-state index contributed by atoms with van der Waals surface area (Å²) < 4.78 is 8.97. The molecular formula is C23H20N6O2. The predicted molar refractivity (Wildman–Crippen MR) is 117 cm³/mol. The number of hydrogen-bond acceptors (Lipinski definition) is 6. The first kappa shape index (κ1) is 18.8. The van der Waals surface area contributed by atoms with Crippen molar-refractivity contribution in [2.75, 3.05) is 7.11 Å². The third-order valence-electron chi connectivity index (χ3n) is 5.26. The third-order valence-corrected chi connectivity index (χ3v) is 5.26. The molecule has 5 aromatic rings. The highest BCUT2D eigenvalue weighted by Gasteiger charge is 2.23. The van der Waals surface area contributed by atoms with Crippen molar-refractivity contribution in [1.82, 2.24) is 29.1 Å². The normalized spacial score (nSPS) is 11.2. The summed E-state index contributed by atoms with van der Waals surface area (Å²) in [7, 11) is 3.52. The lowest BCUT2D eigenvalue weighted by Gasteiger charge is -2.11. The zero-order chi connectivity index (χ0) is 21.5. The predicted octanol–water partition coefficient (Wildman–Crippen LogP) is 3.88. The van der Waals surface area contributed by atoms with Gasteiger partial charge in [0.05, 0.1) is 19.1 Å². The molecule has 31 heavy (non-hydrogen) atoms. The lowest BCUT2D eigenvalue weighted by molar-refractivity contribution is 0.412.